The largest absolute Gasteiger partial charge is 0.487 e. The topological polar surface area (TPSA) is 121 Å². The molecule has 0 unspecified atom stereocenters. The summed E-state index contributed by atoms with van der Waals surface area (Å²) in [6, 6.07) is 7.20. The molecule has 38 heavy (non-hydrogen) atoms. The molecule has 0 spiro atoms. The standard InChI is InChI=1S/C25H32N4O7S2/c1-29(38(2,30)31)19-4-3-5-20(19)36-23-18-8-15-37-24(18)28-25(27-23)26-17-6-7-21-22(16-17)35-14-12-33-10-9-32-11-13-34-21/h6-8,15-16,19-20H,3-5,9-14H2,1-2H3,(H,26,27,28)/t19-,20-/m1/s1. The Hall–Kier alpha value is -2.71. The second kappa shape index (κ2) is 12.0. The Morgan fingerprint density at radius 2 is 1.74 bits per heavy atom. The van der Waals surface area contributed by atoms with Crippen molar-refractivity contribution in [2.24, 2.45) is 0 Å². The highest BCUT2D eigenvalue weighted by atomic mass is 32.2. The molecule has 1 fully saturated rings. The van der Waals surface area contributed by atoms with Gasteiger partial charge in [-0.15, -0.1) is 11.3 Å². The molecule has 1 aromatic carbocycles. The van der Waals surface area contributed by atoms with Crippen LogP contribution in [-0.2, 0) is 19.5 Å². The highest BCUT2D eigenvalue weighted by Crippen LogP contribution is 2.35. The van der Waals surface area contributed by atoms with Gasteiger partial charge in [0.2, 0.25) is 21.9 Å². The number of hydrogen-bond acceptors (Lipinski definition) is 11. The normalized spacial score (nSPS) is 21.1. The van der Waals surface area contributed by atoms with E-state index in [1.165, 1.54) is 21.9 Å². The van der Waals surface area contributed by atoms with Gasteiger partial charge in [-0.2, -0.15) is 9.29 Å². The fourth-order valence-electron chi connectivity index (χ4n) is 4.51. The number of aromatic nitrogens is 2. The summed E-state index contributed by atoms with van der Waals surface area (Å²) in [6.45, 7) is 2.71. The Morgan fingerprint density at radius 1 is 1.00 bits per heavy atom. The van der Waals surface area contributed by atoms with E-state index in [9.17, 15) is 8.42 Å². The zero-order valence-corrected chi connectivity index (χ0v) is 23.1. The molecular weight excluding hydrogens is 532 g/mol. The monoisotopic (exact) mass is 564 g/mol. The summed E-state index contributed by atoms with van der Waals surface area (Å²) in [5.41, 5.74) is 0.717. The Labute approximate surface area is 226 Å². The molecule has 13 heteroatoms. The van der Waals surface area contributed by atoms with E-state index in [1.54, 1.807) is 7.05 Å². The van der Waals surface area contributed by atoms with Crippen molar-refractivity contribution in [3.05, 3.63) is 29.6 Å². The minimum absolute atomic E-state index is 0.243. The number of rotatable bonds is 6. The SMILES string of the molecule is CN([C@@H]1CCC[C@H]1Oc1nc(Nc2ccc3c(c2)OCCOCCOCCO3)nc2sccc12)S(C)(=O)=O. The lowest BCUT2D eigenvalue weighted by molar-refractivity contribution is 0.0223. The van der Waals surface area contributed by atoms with Gasteiger partial charge in [-0.3, -0.25) is 0 Å². The Kier molecular flexibility index (Phi) is 8.48. The number of thiophene rings is 1. The Balaban J connectivity index is 1.37. The molecule has 0 radical (unpaired) electrons. The number of likely N-dealkylation sites (N-methyl/N-ethyl adjacent to an activating group) is 1. The third kappa shape index (κ3) is 6.46. The third-order valence-electron chi connectivity index (χ3n) is 6.50. The molecule has 2 atom stereocenters. The fraction of sp³-hybridized carbons (Fsp3) is 0.520. The lowest BCUT2D eigenvalue weighted by atomic mass is 10.2. The lowest BCUT2D eigenvalue weighted by Crippen LogP contribution is -2.43. The summed E-state index contributed by atoms with van der Waals surface area (Å²) in [4.78, 5) is 10.1. The van der Waals surface area contributed by atoms with Gasteiger partial charge in [-0.1, -0.05) is 0 Å². The van der Waals surface area contributed by atoms with Gasteiger partial charge in [0.1, 0.15) is 24.1 Å². The third-order valence-corrected chi connectivity index (χ3v) is 8.63. The summed E-state index contributed by atoms with van der Waals surface area (Å²) < 4.78 is 54.9. The molecule has 206 valence electrons. The van der Waals surface area contributed by atoms with Crippen LogP contribution < -0.4 is 19.5 Å². The van der Waals surface area contributed by atoms with Crippen LogP contribution in [0.15, 0.2) is 29.6 Å². The summed E-state index contributed by atoms with van der Waals surface area (Å²) in [5, 5.41) is 5.98. The van der Waals surface area contributed by atoms with Crippen molar-refractivity contribution in [1.82, 2.24) is 14.3 Å². The lowest BCUT2D eigenvalue weighted by Gasteiger charge is -2.28. The van der Waals surface area contributed by atoms with Gasteiger partial charge in [0.25, 0.3) is 0 Å². The van der Waals surface area contributed by atoms with Gasteiger partial charge in [-0.05, 0) is 42.8 Å². The summed E-state index contributed by atoms with van der Waals surface area (Å²) in [6.07, 6.45) is 3.30. The first-order valence-electron chi connectivity index (χ1n) is 12.6. The molecule has 3 aromatic rings. The van der Waals surface area contributed by atoms with Crippen LogP contribution in [0.2, 0.25) is 0 Å². The number of nitrogens with zero attached hydrogens (tertiary/aromatic N) is 3. The first kappa shape index (κ1) is 26.9. The van der Waals surface area contributed by atoms with E-state index in [2.05, 4.69) is 15.3 Å². The van der Waals surface area contributed by atoms with E-state index in [0.717, 1.165) is 29.5 Å². The van der Waals surface area contributed by atoms with Crippen LogP contribution in [-0.4, -0.2) is 87.8 Å². The van der Waals surface area contributed by atoms with Crippen molar-refractivity contribution in [2.45, 2.75) is 31.4 Å². The van der Waals surface area contributed by atoms with Gasteiger partial charge in [0.15, 0.2) is 11.5 Å². The van der Waals surface area contributed by atoms with Crippen LogP contribution in [0.25, 0.3) is 10.2 Å². The Bertz CT molecular complexity index is 1350. The van der Waals surface area contributed by atoms with Crippen molar-refractivity contribution < 1.29 is 32.1 Å². The minimum Gasteiger partial charge on any atom is -0.487 e. The van der Waals surface area contributed by atoms with Crippen molar-refractivity contribution in [3.63, 3.8) is 0 Å². The van der Waals surface area contributed by atoms with Crippen LogP contribution in [0.4, 0.5) is 11.6 Å². The van der Waals surface area contributed by atoms with Crippen LogP contribution in [0, 0.1) is 0 Å². The van der Waals surface area contributed by atoms with Gasteiger partial charge < -0.3 is 29.0 Å². The van der Waals surface area contributed by atoms with E-state index >= 15 is 0 Å². The zero-order chi connectivity index (χ0) is 26.5. The molecule has 1 saturated carbocycles. The van der Waals surface area contributed by atoms with Crippen molar-refractivity contribution in [3.8, 4) is 17.4 Å². The quantitative estimate of drug-likeness (QED) is 0.477. The van der Waals surface area contributed by atoms with E-state index < -0.39 is 10.0 Å². The van der Waals surface area contributed by atoms with Crippen LogP contribution in [0.1, 0.15) is 19.3 Å². The molecule has 2 aliphatic rings. The number of nitrogens with one attached hydrogen (secondary N) is 1. The number of fused-ring (bicyclic) bond motifs is 2. The molecular formula is C25H32N4O7S2. The number of benzene rings is 1. The predicted octanol–water partition coefficient (Wildman–Crippen LogP) is 3.43. The number of sulfonamides is 1. The van der Waals surface area contributed by atoms with E-state index in [4.69, 9.17) is 23.7 Å². The molecule has 5 rings (SSSR count). The summed E-state index contributed by atoms with van der Waals surface area (Å²) in [7, 11) is -1.73. The van der Waals surface area contributed by atoms with Crippen molar-refractivity contribution >= 4 is 43.2 Å². The average molecular weight is 565 g/mol. The van der Waals surface area contributed by atoms with Crippen LogP contribution >= 0.6 is 11.3 Å². The van der Waals surface area contributed by atoms with Crippen molar-refractivity contribution in [1.29, 1.82) is 0 Å². The molecule has 1 N–H and O–H groups in total. The maximum atomic E-state index is 12.2. The maximum Gasteiger partial charge on any atom is 0.231 e. The molecule has 0 bridgehead atoms. The van der Waals surface area contributed by atoms with Crippen LogP contribution in [0.3, 0.4) is 0 Å². The van der Waals surface area contributed by atoms with Crippen LogP contribution in [0.5, 0.6) is 17.4 Å². The summed E-state index contributed by atoms with van der Waals surface area (Å²) in [5.74, 6) is 1.98. The second-order valence-corrected chi connectivity index (χ2v) is 12.1. The number of hydrogen-bond donors (Lipinski definition) is 1. The second-order valence-electron chi connectivity index (χ2n) is 9.13. The van der Waals surface area contributed by atoms with Gasteiger partial charge in [-0.25, -0.2) is 13.4 Å². The highest BCUT2D eigenvalue weighted by Gasteiger charge is 2.36. The smallest absolute Gasteiger partial charge is 0.231 e. The van der Waals surface area contributed by atoms with E-state index in [1.807, 2.05) is 29.6 Å². The maximum absolute atomic E-state index is 12.2. The van der Waals surface area contributed by atoms with E-state index in [0.29, 0.717) is 68.7 Å². The summed E-state index contributed by atoms with van der Waals surface area (Å²) >= 11 is 1.48. The highest BCUT2D eigenvalue weighted by molar-refractivity contribution is 7.88. The fourth-order valence-corrected chi connectivity index (χ4v) is 6.00. The number of ether oxygens (including phenoxy) is 5. The molecule has 2 aromatic heterocycles. The Morgan fingerprint density at radius 3 is 2.50 bits per heavy atom. The minimum atomic E-state index is -3.34. The molecule has 1 aliphatic carbocycles. The first-order chi connectivity index (χ1) is 18.4. The molecule has 0 amide bonds. The molecule has 0 saturated heterocycles. The zero-order valence-electron chi connectivity index (χ0n) is 21.4. The average Bonchev–Trinajstić information content (AvgIpc) is 3.53. The number of anilines is 2. The molecule has 1 aliphatic heterocycles. The van der Waals surface area contributed by atoms with Gasteiger partial charge in [0.05, 0.1) is 44.1 Å². The molecule has 11 nitrogen and oxygen atoms in total. The first-order valence-corrected chi connectivity index (χ1v) is 15.3. The molecule has 3 heterocycles. The van der Waals surface area contributed by atoms with Crippen molar-refractivity contribution in [2.75, 3.05) is 58.3 Å². The van der Waals surface area contributed by atoms with E-state index in [-0.39, 0.29) is 12.1 Å². The predicted molar refractivity (Wildman–Crippen MR) is 144 cm³/mol. The van der Waals surface area contributed by atoms with Gasteiger partial charge >= 0.3 is 0 Å². The van der Waals surface area contributed by atoms with Gasteiger partial charge in [0, 0.05) is 18.8 Å².